The number of carbonyl (C=O) groups is 2. The molecule has 34 heavy (non-hydrogen) atoms. The van der Waals surface area contributed by atoms with Gasteiger partial charge < -0.3 is 19.7 Å². The average molecular weight is 459 g/mol. The van der Waals surface area contributed by atoms with Gasteiger partial charge in [-0.15, -0.1) is 0 Å². The molecule has 1 unspecified atom stereocenters. The van der Waals surface area contributed by atoms with Crippen LogP contribution in [0.25, 0.3) is 0 Å². The molecule has 1 aliphatic rings. The van der Waals surface area contributed by atoms with Gasteiger partial charge >= 0.3 is 0 Å². The van der Waals surface area contributed by atoms with Crippen molar-refractivity contribution in [1.29, 1.82) is 0 Å². The third kappa shape index (κ3) is 5.57. The molecule has 0 fully saturated rings. The summed E-state index contributed by atoms with van der Waals surface area (Å²) in [6, 6.07) is 22.9. The minimum Gasteiger partial charge on any atom is -0.454 e. The standard InChI is InChI=1S/C28H30N2O4/c1-20-8-6-7-11-23(20)18-30(24(28(32)29-2)16-21-9-4-3-5-10-21)27(31)15-13-22-12-14-25-26(17-22)34-19-33-25/h3-12,14,17,24H,13,15-16,18-19H2,1-2H3,(H,29,32). The lowest BCUT2D eigenvalue weighted by Gasteiger charge is -2.31. The van der Waals surface area contributed by atoms with E-state index in [9.17, 15) is 9.59 Å². The highest BCUT2D eigenvalue weighted by atomic mass is 16.7. The third-order valence-corrected chi connectivity index (χ3v) is 6.18. The van der Waals surface area contributed by atoms with Crippen molar-refractivity contribution in [2.24, 2.45) is 0 Å². The van der Waals surface area contributed by atoms with Crippen molar-refractivity contribution in [2.45, 2.75) is 38.8 Å². The summed E-state index contributed by atoms with van der Waals surface area (Å²) in [7, 11) is 1.61. The van der Waals surface area contributed by atoms with E-state index in [1.54, 1.807) is 11.9 Å². The first-order chi connectivity index (χ1) is 16.5. The predicted octanol–water partition coefficient (Wildman–Crippen LogP) is 4.04. The molecule has 1 aliphatic heterocycles. The first-order valence-corrected chi connectivity index (χ1v) is 11.5. The highest BCUT2D eigenvalue weighted by molar-refractivity contribution is 5.88. The Morgan fingerprint density at radius 2 is 1.68 bits per heavy atom. The van der Waals surface area contributed by atoms with Gasteiger partial charge in [0.15, 0.2) is 11.5 Å². The summed E-state index contributed by atoms with van der Waals surface area (Å²) in [6.45, 7) is 2.61. The van der Waals surface area contributed by atoms with Gasteiger partial charge in [0, 0.05) is 26.4 Å². The molecule has 1 N–H and O–H groups in total. The fraction of sp³-hybridized carbons (Fsp3) is 0.286. The normalized spacial score (nSPS) is 12.8. The molecular weight excluding hydrogens is 428 g/mol. The van der Waals surface area contributed by atoms with Gasteiger partial charge in [0.25, 0.3) is 0 Å². The molecule has 6 nitrogen and oxygen atoms in total. The Labute approximate surface area is 200 Å². The smallest absolute Gasteiger partial charge is 0.242 e. The largest absolute Gasteiger partial charge is 0.454 e. The molecule has 0 aromatic heterocycles. The Kier molecular flexibility index (Phi) is 7.48. The van der Waals surface area contributed by atoms with Gasteiger partial charge in [-0.1, -0.05) is 60.7 Å². The molecular formula is C28H30N2O4. The van der Waals surface area contributed by atoms with Crippen molar-refractivity contribution in [2.75, 3.05) is 13.8 Å². The number of benzene rings is 3. The van der Waals surface area contributed by atoms with Crippen molar-refractivity contribution >= 4 is 11.8 Å². The second-order valence-corrected chi connectivity index (χ2v) is 8.46. The summed E-state index contributed by atoms with van der Waals surface area (Å²) >= 11 is 0. The molecule has 1 atom stereocenters. The summed E-state index contributed by atoms with van der Waals surface area (Å²) < 4.78 is 10.8. The molecule has 0 aliphatic carbocycles. The number of hydrogen-bond acceptors (Lipinski definition) is 4. The maximum atomic E-state index is 13.6. The average Bonchev–Trinajstić information content (AvgIpc) is 3.34. The molecule has 176 valence electrons. The van der Waals surface area contributed by atoms with Crippen LogP contribution in [-0.4, -0.2) is 36.6 Å². The van der Waals surface area contributed by atoms with E-state index in [0.717, 1.165) is 28.0 Å². The van der Waals surface area contributed by atoms with Crippen LogP contribution in [0, 0.1) is 6.92 Å². The number of rotatable bonds is 9. The highest BCUT2D eigenvalue weighted by Crippen LogP contribution is 2.33. The summed E-state index contributed by atoms with van der Waals surface area (Å²) in [5.74, 6) is 1.19. The minimum absolute atomic E-state index is 0.0644. The lowest BCUT2D eigenvalue weighted by molar-refractivity contribution is -0.141. The van der Waals surface area contributed by atoms with Crippen LogP contribution in [-0.2, 0) is 29.0 Å². The third-order valence-electron chi connectivity index (χ3n) is 6.18. The van der Waals surface area contributed by atoms with E-state index in [1.807, 2.05) is 79.7 Å². The second-order valence-electron chi connectivity index (χ2n) is 8.46. The number of nitrogens with one attached hydrogen (secondary N) is 1. The molecule has 3 aromatic rings. The Bertz CT molecular complexity index is 1150. The van der Waals surface area contributed by atoms with Crippen molar-refractivity contribution in [3.63, 3.8) is 0 Å². The van der Waals surface area contributed by atoms with E-state index in [4.69, 9.17) is 9.47 Å². The van der Waals surface area contributed by atoms with Crippen LogP contribution in [0.15, 0.2) is 72.8 Å². The highest BCUT2D eigenvalue weighted by Gasteiger charge is 2.30. The topological polar surface area (TPSA) is 67.9 Å². The zero-order chi connectivity index (χ0) is 23.9. The van der Waals surface area contributed by atoms with Gasteiger partial charge in [-0.2, -0.15) is 0 Å². The molecule has 0 saturated heterocycles. The fourth-order valence-electron chi connectivity index (χ4n) is 4.18. The fourth-order valence-corrected chi connectivity index (χ4v) is 4.18. The molecule has 3 aromatic carbocycles. The number of ether oxygens (including phenoxy) is 2. The van der Waals surface area contributed by atoms with E-state index in [1.165, 1.54) is 0 Å². The van der Waals surface area contributed by atoms with E-state index in [2.05, 4.69) is 5.32 Å². The van der Waals surface area contributed by atoms with Crippen molar-refractivity contribution in [3.8, 4) is 11.5 Å². The van der Waals surface area contributed by atoms with Gasteiger partial charge in [0.1, 0.15) is 6.04 Å². The van der Waals surface area contributed by atoms with Crippen molar-refractivity contribution < 1.29 is 19.1 Å². The van der Waals surface area contributed by atoms with Crippen LogP contribution < -0.4 is 14.8 Å². The van der Waals surface area contributed by atoms with Crippen LogP contribution in [0.1, 0.15) is 28.7 Å². The maximum absolute atomic E-state index is 13.6. The summed E-state index contributed by atoms with van der Waals surface area (Å²) in [4.78, 5) is 28.3. The van der Waals surface area contributed by atoms with E-state index < -0.39 is 6.04 Å². The number of carbonyl (C=O) groups excluding carboxylic acids is 2. The summed E-state index contributed by atoms with van der Waals surface area (Å²) in [5.41, 5.74) is 4.12. The molecule has 0 saturated carbocycles. The monoisotopic (exact) mass is 458 g/mol. The maximum Gasteiger partial charge on any atom is 0.242 e. The lowest BCUT2D eigenvalue weighted by atomic mass is 10.0. The predicted molar refractivity (Wildman–Crippen MR) is 131 cm³/mol. The SMILES string of the molecule is CNC(=O)C(Cc1ccccc1)N(Cc1ccccc1C)C(=O)CCc1ccc2c(c1)OCO2. The lowest BCUT2D eigenvalue weighted by Crippen LogP contribution is -2.49. The molecule has 4 rings (SSSR count). The van der Waals surface area contributed by atoms with Crippen LogP contribution in [0.5, 0.6) is 11.5 Å². The Morgan fingerprint density at radius 1 is 0.941 bits per heavy atom. The quantitative estimate of drug-likeness (QED) is 0.526. The zero-order valence-corrected chi connectivity index (χ0v) is 19.6. The van der Waals surface area contributed by atoms with E-state index >= 15 is 0 Å². The number of hydrogen-bond donors (Lipinski definition) is 1. The van der Waals surface area contributed by atoms with Crippen LogP contribution in [0.2, 0.25) is 0 Å². The van der Waals surface area contributed by atoms with E-state index in [0.29, 0.717) is 25.1 Å². The van der Waals surface area contributed by atoms with Crippen LogP contribution >= 0.6 is 0 Å². The number of amides is 2. The number of aryl methyl sites for hydroxylation is 2. The first-order valence-electron chi connectivity index (χ1n) is 11.5. The van der Waals surface area contributed by atoms with Gasteiger partial charge in [0.05, 0.1) is 0 Å². The Morgan fingerprint density at radius 3 is 2.44 bits per heavy atom. The first kappa shape index (κ1) is 23.4. The van der Waals surface area contributed by atoms with E-state index in [-0.39, 0.29) is 25.0 Å². The number of fused-ring (bicyclic) bond motifs is 1. The number of likely N-dealkylation sites (N-methyl/N-ethyl adjacent to an activating group) is 1. The van der Waals surface area contributed by atoms with Crippen LogP contribution in [0.4, 0.5) is 0 Å². The van der Waals surface area contributed by atoms with Crippen molar-refractivity contribution in [1.82, 2.24) is 10.2 Å². The molecule has 6 heteroatoms. The van der Waals surface area contributed by atoms with Gasteiger partial charge in [0.2, 0.25) is 18.6 Å². The molecule has 0 bridgehead atoms. The van der Waals surface area contributed by atoms with Gasteiger partial charge in [-0.3, -0.25) is 9.59 Å². The van der Waals surface area contributed by atoms with Crippen molar-refractivity contribution in [3.05, 3.63) is 95.1 Å². The molecule has 0 radical (unpaired) electrons. The molecule has 0 spiro atoms. The second kappa shape index (κ2) is 10.9. The minimum atomic E-state index is -0.615. The summed E-state index contributed by atoms with van der Waals surface area (Å²) in [6.07, 6.45) is 1.28. The molecule has 2 amide bonds. The Balaban J connectivity index is 1.58. The number of nitrogens with zero attached hydrogens (tertiary/aromatic N) is 1. The summed E-state index contributed by atoms with van der Waals surface area (Å²) in [5, 5.41) is 2.76. The van der Waals surface area contributed by atoms with Gasteiger partial charge in [-0.25, -0.2) is 0 Å². The molecule has 1 heterocycles. The zero-order valence-electron chi connectivity index (χ0n) is 19.6. The van der Waals surface area contributed by atoms with Gasteiger partial charge in [-0.05, 0) is 47.7 Å². The van der Waals surface area contributed by atoms with Crippen LogP contribution in [0.3, 0.4) is 0 Å². The Hall–Kier alpha value is -3.80.